The Bertz CT molecular complexity index is 1050. The summed E-state index contributed by atoms with van der Waals surface area (Å²) in [5.41, 5.74) is 4.97. The van der Waals surface area contributed by atoms with Crippen LogP contribution in [0.5, 0.6) is 0 Å². The Labute approximate surface area is 171 Å². The van der Waals surface area contributed by atoms with Gasteiger partial charge in [0, 0.05) is 47.2 Å². The summed E-state index contributed by atoms with van der Waals surface area (Å²) in [5, 5.41) is 4.07. The molecule has 29 heavy (non-hydrogen) atoms. The topological polar surface area (TPSA) is 65.2 Å². The van der Waals surface area contributed by atoms with Crippen molar-refractivity contribution in [2.45, 2.75) is 39.2 Å². The molecule has 5 nitrogen and oxygen atoms in total. The minimum Gasteiger partial charge on any atom is -0.358 e. The van der Waals surface area contributed by atoms with Crippen molar-refractivity contribution in [3.8, 4) is 0 Å². The zero-order valence-electron chi connectivity index (χ0n) is 17.0. The zero-order valence-corrected chi connectivity index (χ0v) is 17.0. The van der Waals surface area contributed by atoms with Gasteiger partial charge in [-0.3, -0.25) is 9.59 Å². The van der Waals surface area contributed by atoms with Crippen molar-refractivity contribution in [1.29, 1.82) is 0 Å². The number of carbonyl (C=O) groups excluding carboxylic acids is 2. The number of nitrogens with zero attached hydrogens (tertiary/aromatic N) is 1. The number of aryl methyl sites for hydroxylation is 1. The second-order valence-corrected chi connectivity index (χ2v) is 7.65. The van der Waals surface area contributed by atoms with Crippen molar-refractivity contribution >= 4 is 22.7 Å². The van der Waals surface area contributed by atoms with Gasteiger partial charge in [-0.1, -0.05) is 49.7 Å². The summed E-state index contributed by atoms with van der Waals surface area (Å²) < 4.78 is 0. The highest BCUT2D eigenvalue weighted by Gasteiger charge is 2.39. The second kappa shape index (κ2) is 8.11. The Morgan fingerprint density at radius 1 is 1.14 bits per heavy atom. The van der Waals surface area contributed by atoms with E-state index in [1.807, 2.05) is 41.3 Å². The number of aromatic amines is 1. The van der Waals surface area contributed by atoms with Crippen LogP contribution in [0.25, 0.3) is 10.9 Å². The van der Waals surface area contributed by atoms with Crippen LogP contribution in [0.3, 0.4) is 0 Å². The number of carbonyl (C=O) groups is 2. The second-order valence-electron chi connectivity index (χ2n) is 7.65. The maximum absolute atomic E-state index is 13.2. The van der Waals surface area contributed by atoms with Crippen LogP contribution in [-0.2, 0) is 4.79 Å². The number of hydrogen-bond donors (Lipinski definition) is 2. The van der Waals surface area contributed by atoms with Crippen molar-refractivity contribution in [2.75, 3.05) is 13.1 Å². The fourth-order valence-electron chi connectivity index (χ4n) is 4.28. The molecule has 2 aromatic carbocycles. The van der Waals surface area contributed by atoms with Gasteiger partial charge in [0.05, 0.1) is 6.04 Å². The van der Waals surface area contributed by atoms with Crippen LogP contribution in [-0.4, -0.2) is 34.8 Å². The molecule has 0 spiro atoms. The number of benzene rings is 2. The molecule has 0 fully saturated rings. The molecule has 2 amide bonds. The smallest absolute Gasteiger partial charge is 0.255 e. The van der Waals surface area contributed by atoms with Gasteiger partial charge < -0.3 is 15.2 Å². The number of aromatic nitrogens is 1. The van der Waals surface area contributed by atoms with Crippen LogP contribution in [0, 0.1) is 6.92 Å². The predicted octanol–water partition coefficient (Wildman–Crippen LogP) is 4.33. The van der Waals surface area contributed by atoms with Crippen molar-refractivity contribution < 1.29 is 9.59 Å². The Balaban J connectivity index is 1.68. The highest BCUT2D eigenvalue weighted by Crippen LogP contribution is 2.42. The van der Waals surface area contributed by atoms with Crippen LogP contribution < -0.4 is 5.32 Å². The van der Waals surface area contributed by atoms with Crippen molar-refractivity contribution in [2.24, 2.45) is 0 Å². The summed E-state index contributed by atoms with van der Waals surface area (Å²) in [6.45, 7) is 5.24. The van der Waals surface area contributed by atoms with Crippen molar-refractivity contribution in [3.05, 3.63) is 70.9 Å². The van der Waals surface area contributed by atoms with Crippen molar-refractivity contribution in [3.63, 3.8) is 0 Å². The number of para-hydroxylation sites is 1. The van der Waals surface area contributed by atoms with E-state index in [1.165, 1.54) is 0 Å². The molecule has 150 valence electrons. The van der Waals surface area contributed by atoms with E-state index in [9.17, 15) is 9.59 Å². The molecule has 3 aromatic rings. The van der Waals surface area contributed by atoms with Gasteiger partial charge in [0.1, 0.15) is 0 Å². The van der Waals surface area contributed by atoms with Crippen LogP contribution in [0.1, 0.15) is 59.4 Å². The van der Waals surface area contributed by atoms with E-state index in [1.54, 1.807) is 0 Å². The summed E-state index contributed by atoms with van der Waals surface area (Å²) in [4.78, 5) is 30.8. The molecule has 5 heteroatoms. The lowest BCUT2D eigenvalue weighted by Gasteiger charge is -2.26. The third-order valence-corrected chi connectivity index (χ3v) is 5.71. The number of amides is 2. The lowest BCUT2D eigenvalue weighted by atomic mass is 9.95. The maximum Gasteiger partial charge on any atom is 0.255 e. The first kappa shape index (κ1) is 19.2. The molecule has 1 atom stereocenters. The van der Waals surface area contributed by atoms with Gasteiger partial charge in [0.15, 0.2) is 0 Å². The summed E-state index contributed by atoms with van der Waals surface area (Å²) in [5.74, 6) is -0.00626. The molecular weight excluding hydrogens is 362 g/mol. The normalized spacial score (nSPS) is 15.7. The fourth-order valence-corrected chi connectivity index (χ4v) is 4.28. The lowest BCUT2D eigenvalue weighted by molar-refractivity contribution is -0.121. The first-order valence-electron chi connectivity index (χ1n) is 10.4. The third kappa shape index (κ3) is 3.53. The number of hydrogen-bond acceptors (Lipinski definition) is 2. The monoisotopic (exact) mass is 389 g/mol. The molecule has 1 unspecified atom stereocenters. The van der Waals surface area contributed by atoms with E-state index in [-0.39, 0.29) is 17.9 Å². The minimum atomic E-state index is -0.182. The minimum absolute atomic E-state index is 0.00311. The summed E-state index contributed by atoms with van der Waals surface area (Å²) in [7, 11) is 0. The SMILES string of the molecule is CCCCNC(=O)CCN1C(=O)c2ccccc2C1c1c(C)[nH]c2ccccc12. The molecule has 0 saturated carbocycles. The quantitative estimate of drug-likeness (QED) is 0.591. The molecule has 0 saturated heterocycles. The average molecular weight is 389 g/mol. The van der Waals surface area contributed by atoms with Gasteiger partial charge >= 0.3 is 0 Å². The Hall–Kier alpha value is -3.08. The number of fused-ring (bicyclic) bond motifs is 2. The van der Waals surface area contributed by atoms with Gasteiger partial charge in [-0.2, -0.15) is 0 Å². The number of nitrogens with one attached hydrogen (secondary N) is 2. The van der Waals surface area contributed by atoms with E-state index >= 15 is 0 Å². The zero-order chi connectivity index (χ0) is 20.4. The van der Waals surface area contributed by atoms with E-state index in [4.69, 9.17) is 0 Å². The number of H-pyrrole nitrogens is 1. The average Bonchev–Trinajstić information content (AvgIpc) is 3.20. The van der Waals surface area contributed by atoms with Gasteiger partial charge in [-0.05, 0) is 31.0 Å². The summed E-state index contributed by atoms with van der Waals surface area (Å²) in [6.07, 6.45) is 2.32. The Kier molecular flexibility index (Phi) is 5.38. The van der Waals surface area contributed by atoms with Gasteiger partial charge in [-0.25, -0.2) is 0 Å². The molecule has 2 N–H and O–H groups in total. The highest BCUT2D eigenvalue weighted by atomic mass is 16.2. The van der Waals surface area contributed by atoms with E-state index < -0.39 is 0 Å². The maximum atomic E-state index is 13.2. The number of rotatable bonds is 7. The molecule has 0 aliphatic carbocycles. The van der Waals surface area contributed by atoms with Crippen molar-refractivity contribution in [1.82, 2.24) is 15.2 Å². The largest absolute Gasteiger partial charge is 0.358 e. The fraction of sp³-hybridized carbons (Fsp3) is 0.333. The predicted molar refractivity (Wildman–Crippen MR) is 115 cm³/mol. The molecule has 1 aliphatic heterocycles. The summed E-state index contributed by atoms with van der Waals surface area (Å²) in [6, 6.07) is 15.8. The Morgan fingerprint density at radius 3 is 2.72 bits per heavy atom. The molecule has 4 rings (SSSR count). The third-order valence-electron chi connectivity index (χ3n) is 5.71. The first-order valence-corrected chi connectivity index (χ1v) is 10.4. The molecular formula is C24H27N3O2. The van der Waals surface area contributed by atoms with Crippen LogP contribution in [0.15, 0.2) is 48.5 Å². The molecule has 2 heterocycles. The van der Waals surface area contributed by atoms with Crippen LogP contribution in [0.2, 0.25) is 0 Å². The molecule has 0 radical (unpaired) electrons. The van der Waals surface area contributed by atoms with Gasteiger partial charge in [0.2, 0.25) is 5.91 Å². The van der Waals surface area contributed by atoms with E-state index in [0.717, 1.165) is 46.1 Å². The lowest BCUT2D eigenvalue weighted by Crippen LogP contribution is -2.34. The van der Waals surface area contributed by atoms with Gasteiger partial charge in [0.25, 0.3) is 5.91 Å². The summed E-state index contributed by atoms with van der Waals surface area (Å²) >= 11 is 0. The first-order chi connectivity index (χ1) is 14.1. The number of unbranched alkanes of at least 4 members (excludes halogenated alkanes) is 1. The Morgan fingerprint density at radius 2 is 1.90 bits per heavy atom. The highest BCUT2D eigenvalue weighted by molar-refractivity contribution is 6.01. The molecule has 1 aliphatic rings. The van der Waals surface area contributed by atoms with Crippen LogP contribution in [0.4, 0.5) is 0 Å². The molecule has 0 bridgehead atoms. The molecule has 1 aromatic heterocycles. The van der Waals surface area contributed by atoms with E-state index in [0.29, 0.717) is 19.5 Å². The van der Waals surface area contributed by atoms with Crippen LogP contribution >= 0.6 is 0 Å². The standard InChI is InChI=1S/C24H27N3O2/c1-3-4-14-25-21(28)13-15-27-23(17-9-5-6-10-18(17)24(27)29)22-16(2)26-20-12-8-7-11-19(20)22/h5-12,23,26H,3-4,13-15H2,1-2H3,(H,25,28). The van der Waals surface area contributed by atoms with E-state index in [2.05, 4.69) is 36.3 Å². The van der Waals surface area contributed by atoms with Gasteiger partial charge in [-0.15, -0.1) is 0 Å².